The topological polar surface area (TPSA) is 56.8 Å². The molecule has 0 saturated heterocycles. The van der Waals surface area contributed by atoms with Gasteiger partial charge in [-0.15, -0.1) is 0 Å². The molecule has 0 aliphatic carbocycles. The third-order valence-corrected chi connectivity index (χ3v) is 4.70. The number of fused-ring (bicyclic) bond motifs is 2. The van der Waals surface area contributed by atoms with Gasteiger partial charge in [-0.2, -0.15) is 0 Å². The van der Waals surface area contributed by atoms with E-state index in [2.05, 4.69) is 5.32 Å². The molecule has 0 unspecified atom stereocenters. The lowest BCUT2D eigenvalue weighted by molar-refractivity contribution is -0.136. The number of anilines is 1. The molecule has 5 rings (SSSR count). The molecule has 5 nitrogen and oxygen atoms in total. The zero-order valence-electron chi connectivity index (χ0n) is 13.2. The van der Waals surface area contributed by atoms with E-state index in [9.17, 15) is 9.18 Å². The summed E-state index contributed by atoms with van der Waals surface area (Å²) in [5, 5.41) is 3.27. The molecule has 1 atom stereocenters. The van der Waals surface area contributed by atoms with Crippen LogP contribution in [0, 0.1) is 5.82 Å². The Kier molecular flexibility index (Phi) is 3.00. The van der Waals surface area contributed by atoms with Crippen molar-refractivity contribution in [2.45, 2.75) is 5.92 Å². The normalized spacial score (nSPS) is 20.5. The lowest BCUT2D eigenvalue weighted by Crippen LogP contribution is -2.22. The zero-order valence-corrected chi connectivity index (χ0v) is 13.2. The van der Waals surface area contributed by atoms with Crippen LogP contribution >= 0.6 is 0 Å². The Morgan fingerprint density at radius 2 is 1.72 bits per heavy atom. The van der Waals surface area contributed by atoms with Gasteiger partial charge < -0.3 is 19.5 Å². The number of hydrogen-bond donors (Lipinski definition) is 1. The highest BCUT2D eigenvalue weighted by Gasteiger charge is 2.39. The molecule has 0 aromatic heterocycles. The number of rotatable bonds is 1. The second kappa shape index (κ2) is 5.24. The summed E-state index contributed by atoms with van der Waals surface area (Å²) in [5.74, 6) is 0.317. The number of carbonyl (C=O) groups is 1. The van der Waals surface area contributed by atoms with Gasteiger partial charge >= 0.3 is 5.97 Å². The predicted molar refractivity (Wildman–Crippen MR) is 87.3 cm³/mol. The van der Waals surface area contributed by atoms with E-state index < -0.39 is 0 Å². The van der Waals surface area contributed by atoms with Crippen molar-refractivity contribution in [2.24, 2.45) is 0 Å². The van der Waals surface area contributed by atoms with Gasteiger partial charge in [0.15, 0.2) is 11.5 Å². The van der Waals surface area contributed by atoms with Gasteiger partial charge in [0.05, 0.1) is 11.3 Å². The van der Waals surface area contributed by atoms with Crippen LogP contribution in [-0.4, -0.2) is 25.8 Å². The summed E-state index contributed by atoms with van der Waals surface area (Å²) in [6.45, 7) is 1.19. The Morgan fingerprint density at radius 1 is 1.00 bits per heavy atom. The maximum atomic E-state index is 13.4. The van der Waals surface area contributed by atoms with Crippen molar-refractivity contribution in [3.8, 4) is 11.5 Å². The van der Waals surface area contributed by atoms with Gasteiger partial charge in [-0.25, -0.2) is 9.18 Å². The monoisotopic (exact) mass is 339 g/mol. The van der Waals surface area contributed by atoms with Crippen LogP contribution in [0.4, 0.5) is 10.1 Å². The summed E-state index contributed by atoms with van der Waals surface area (Å²) in [4.78, 5) is 12.3. The largest absolute Gasteiger partial charge is 0.486 e. The van der Waals surface area contributed by atoms with Crippen LogP contribution in [0.3, 0.4) is 0 Å². The maximum Gasteiger partial charge on any atom is 0.337 e. The molecule has 0 radical (unpaired) electrons. The van der Waals surface area contributed by atoms with E-state index in [-0.39, 0.29) is 24.3 Å². The zero-order chi connectivity index (χ0) is 17.0. The molecule has 6 heteroatoms. The first-order valence-electron chi connectivity index (χ1n) is 8.07. The van der Waals surface area contributed by atoms with Crippen molar-refractivity contribution in [3.63, 3.8) is 0 Å². The highest BCUT2D eigenvalue weighted by molar-refractivity contribution is 5.97. The molecule has 1 N–H and O–H groups in total. The van der Waals surface area contributed by atoms with Crippen molar-refractivity contribution in [1.82, 2.24) is 0 Å². The van der Waals surface area contributed by atoms with E-state index in [1.165, 1.54) is 12.1 Å². The number of hydrogen-bond acceptors (Lipinski definition) is 5. The summed E-state index contributed by atoms with van der Waals surface area (Å²) in [7, 11) is 0. The average molecular weight is 339 g/mol. The van der Waals surface area contributed by atoms with Gasteiger partial charge in [-0.1, -0.05) is 12.1 Å². The highest BCUT2D eigenvalue weighted by atomic mass is 19.1. The number of cyclic esters (lactones) is 1. The van der Waals surface area contributed by atoms with Crippen molar-refractivity contribution in [3.05, 3.63) is 64.6 Å². The third-order valence-electron chi connectivity index (χ3n) is 4.70. The van der Waals surface area contributed by atoms with E-state index in [1.807, 2.05) is 12.1 Å². The number of benzene rings is 2. The highest BCUT2D eigenvalue weighted by Crippen LogP contribution is 2.48. The van der Waals surface area contributed by atoms with Gasteiger partial charge in [0.25, 0.3) is 0 Å². The van der Waals surface area contributed by atoms with E-state index in [4.69, 9.17) is 14.2 Å². The minimum atomic E-state index is -0.350. The molecule has 0 amide bonds. The Balaban J connectivity index is 1.71. The molecule has 126 valence electrons. The Morgan fingerprint density at radius 3 is 2.48 bits per heavy atom. The molecule has 0 fully saturated rings. The summed E-state index contributed by atoms with van der Waals surface area (Å²) in [6, 6.07) is 9.96. The van der Waals surface area contributed by atoms with Gasteiger partial charge in [-0.3, -0.25) is 0 Å². The van der Waals surface area contributed by atoms with Crippen LogP contribution < -0.4 is 14.8 Å². The minimum Gasteiger partial charge on any atom is -0.486 e. The van der Waals surface area contributed by atoms with Crippen molar-refractivity contribution in [1.29, 1.82) is 0 Å². The average Bonchev–Trinajstić information content (AvgIpc) is 2.99. The molecule has 3 aliphatic heterocycles. The van der Waals surface area contributed by atoms with Crippen LogP contribution in [-0.2, 0) is 9.53 Å². The molecular formula is C19H14FNO4. The molecule has 25 heavy (non-hydrogen) atoms. The first-order chi connectivity index (χ1) is 12.2. The van der Waals surface area contributed by atoms with Gasteiger partial charge in [-0.05, 0) is 29.3 Å². The van der Waals surface area contributed by atoms with Gasteiger partial charge in [0, 0.05) is 17.7 Å². The molecule has 3 heterocycles. The SMILES string of the molecule is O=C1OCC2=C1[C@H](c1ccc(F)cc1)c1cc3c(cc1N2)OCCO3. The van der Waals surface area contributed by atoms with E-state index in [0.717, 1.165) is 22.5 Å². The summed E-state index contributed by atoms with van der Waals surface area (Å²) in [5.41, 5.74) is 3.86. The fraction of sp³-hybridized carbons (Fsp3) is 0.211. The van der Waals surface area contributed by atoms with E-state index in [0.29, 0.717) is 30.3 Å². The molecule has 2 aromatic rings. The third kappa shape index (κ3) is 2.17. The molecule has 0 bridgehead atoms. The molecule has 2 aromatic carbocycles. The van der Waals surface area contributed by atoms with Crippen LogP contribution in [0.2, 0.25) is 0 Å². The summed E-state index contributed by atoms with van der Waals surface area (Å²) in [6.07, 6.45) is 0. The second-order valence-corrected chi connectivity index (χ2v) is 6.16. The minimum absolute atomic E-state index is 0.208. The fourth-order valence-electron chi connectivity index (χ4n) is 3.58. The van der Waals surface area contributed by atoms with E-state index >= 15 is 0 Å². The number of halogens is 1. The standard InChI is InChI=1S/C19H14FNO4/c20-11-3-1-10(2-4-11)17-12-7-15-16(24-6-5-23-15)8-13(12)21-14-9-25-19(22)18(14)17/h1-4,7-8,17,21H,5-6,9H2/t17-/m1/s1. The number of esters is 1. The van der Waals surface area contributed by atoms with Crippen LogP contribution in [0.5, 0.6) is 11.5 Å². The number of nitrogens with one attached hydrogen (secondary N) is 1. The van der Waals surface area contributed by atoms with Gasteiger partial charge in [0.2, 0.25) is 0 Å². The summed E-state index contributed by atoms with van der Waals surface area (Å²) < 4.78 is 29.9. The van der Waals surface area contributed by atoms with Crippen molar-refractivity contribution < 1.29 is 23.4 Å². The van der Waals surface area contributed by atoms with Gasteiger partial charge in [0.1, 0.15) is 25.6 Å². The van der Waals surface area contributed by atoms with Crippen LogP contribution in [0.15, 0.2) is 47.7 Å². The maximum absolute atomic E-state index is 13.4. The number of carbonyl (C=O) groups excluding carboxylic acids is 1. The van der Waals surface area contributed by atoms with Crippen molar-refractivity contribution >= 4 is 11.7 Å². The Hall–Kier alpha value is -3.02. The Bertz CT molecular complexity index is 920. The summed E-state index contributed by atoms with van der Waals surface area (Å²) >= 11 is 0. The molecular weight excluding hydrogens is 325 g/mol. The lowest BCUT2D eigenvalue weighted by atomic mass is 9.81. The smallest absolute Gasteiger partial charge is 0.337 e. The van der Waals surface area contributed by atoms with Crippen LogP contribution in [0.25, 0.3) is 0 Å². The van der Waals surface area contributed by atoms with Crippen molar-refractivity contribution in [2.75, 3.05) is 25.1 Å². The molecule has 0 spiro atoms. The molecule has 3 aliphatic rings. The second-order valence-electron chi connectivity index (χ2n) is 6.16. The first-order valence-corrected chi connectivity index (χ1v) is 8.07. The predicted octanol–water partition coefficient (Wildman–Crippen LogP) is 2.97. The van der Waals surface area contributed by atoms with Crippen LogP contribution in [0.1, 0.15) is 17.0 Å². The Labute approximate surface area is 143 Å². The fourth-order valence-corrected chi connectivity index (χ4v) is 3.58. The lowest BCUT2D eigenvalue weighted by Gasteiger charge is -2.29. The van der Waals surface area contributed by atoms with E-state index in [1.54, 1.807) is 12.1 Å². The quantitative estimate of drug-likeness (QED) is 0.810. The molecule has 0 saturated carbocycles. The first kappa shape index (κ1) is 14.3. The number of ether oxygens (including phenoxy) is 3.